The number of benzene rings is 8. The van der Waals surface area contributed by atoms with Crippen molar-refractivity contribution in [2.45, 2.75) is 0 Å². The van der Waals surface area contributed by atoms with Crippen LogP contribution >= 0.6 is 0 Å². The van der Waals surface area contributed by atoms with Crippen molar-refractivity contribution in [2.75, 3.05) is 0 Å². The van der Waals surface area contributed by atoms with Crippen molar-refractivity contribution in [1.82, 2.24) is 24.9 Å². The molecule has 5 heteroatoms. The van der Waals surface area contributed by atoms with Crippen LogP contribution in [0.5, 0.6) is 0 Å². The van der Waals surface area contributed by atoms with Gasteiger partial charge in [-0.15, -0.1) is 0 Å². The fourth-order valence-electron chi connectivity index (χ4n) is 9.27. The predicted molar refractivity (Wildman–Crippen MR) is 265 cm³/mol. The third-order valence-corrected chi connectivity index (χ3v) is 12.3. The molecule has 0 spiro atoms. The normalized spacial score (nSPS) is 11.4. The molecule has 12 aromatic rings. The van der Waals surface area contributed by atoms with Gasteiger partial charge in [-0.25, -0.2) is 15.0 Å². The lowest BCUT2D eigenvalue weighted by atomic mass is 9.91. The van der Waals surface area contributed by atoms with Gasteiger partial charge in [0.2, 0.25) is 0 Å². The number of hydrogen-bond acceptors (Lipinski definition) is 5. The Bertz CT molecular complexity index is 3750. The highest BCUT2D eigenvalue weighted by molar-refractivity contribution is 6.30. The lowest BCUT2D eigenvalue weighted by Crippen LogP contribution is -2.00. The van der Waals surface area contributed by atoms with Crippen molar-refractivity contribution in [2.24, 2.45) is 0 Å². The monoisotopic (exact) mass is 815 g/mol. The first-order chi connectivity index (χ1) is 31.7. The van der Waals surface area contributed by atoms with Crippen molar-refractivity contribution in [1.29, 1.82) is 0 Å². The molecule has 5 nitrogen and oxygen atoms in total. The van der Waals surface area contributed by atoms with E-state index in [4.69, 9.17) is 15.0 Å². The standard InChI is InChI=1S/C59H37N5/c1-2-20-46-38(13-1)27-30-54-55-35-43(28-29-52(55)50-24-6-4-22-48(50)47-21-3-5-23-49(47)51-25-7-8-26-53(51)56(46)54)59-63-57(41-16-9-14-39(33-41)44-18-11-31-60-36-44)62-58(64-59)42-17-10-15-40(34-42)45-19-12-32-61-37-45/h1-37H. The van der Waals surface area contributed by atoms with Gasteiger partial charge in [-0.2, -0.15) is 0 Å². The maximum absolute atomic E-state index is 5.31. The quantitative estimate of drug-likeness (QED) is 0.173. The van der Waals surface area contributed by atoms with Crippen molar-refractivity contribution in [3.8, 4) is 56.4 Å². The second-order valence-electron chi connectivity index (χ2n) is 16.1. The largest absolute Gasteiger partial charge is 0.264 e. The maximum Gasteiger partial charge on any atom is 0.164 e. The Morgan fingerprint density at radius 2 is 0.625 bits per heavy atom. The van der Waals surface area contributed by atoms with Crippen LogP contribution in [0.1, 0.15) is 0 Å². The highest BCUT2D eigenvalue weighted by Gasteiger charge is 2.17. The topological polar surface area (TPSA) is 64.5 Å². The molecule has 298 valence electrons. The Kier molecular flexibility index (Phi) is 9.08. The number of hydrogen-bond donors (Lipinski definition) is 0. The predicted octanol–water partition coefficient (Wildman–Crippen LogP) is 15.0. The summed E-state index contributed by atoms with van der Waals surface area (Å²) in [7, 11) is 0. The number of rotatable bonds is 5. The molecule has 0 aliphatic heterocycles. The molecule has 0 N–H and O–H groups in total. The number of nitrogens with zero attached hydrogens (tertiary/aromatic N) is 5. The van der Waals surface area contributed by atoms with E-state index in [1.54, 1.807) is 12.4 Å². The molecule has 0 saturated heterocycles. The lowest BCUT2D eigenvalue weighted by molar-refractivity contribution is 1.07. The summed E-state index contributed by atoms with van der Waals surface area (Å²) < 4.78 is 0. The molecule has 9 aromatic carbocycles. The van der Waals surface area contributed by atoms with Crippen LogP contribution in [0.4, 0.5) is 0 Å². The van der Waals surface area contributed by atoms with Gasteiger partial charge in [0.15, 0.2) is 17.5 Å². The average molecular weight is 816 g/mol. The molecule has 0 fully saturated rings. The van der Waals surface area contributed by atoms with Gasteiger partial charge in [0, 0.05) is 52.6 Å². The van der Waals surface area contributed by atoms with Crippen molar-refractivity contribution < 1.29 is 0 Å². The molecule has 3 heterocycles. The molecule has 0 amide bonds. The summed E-state index contributed by atoms with van der Waals surface area (Å²) in [6, 6.07) is 71.2. The minimum absolute atomic E-state index is 0.583. The Morgan fingerprint density at radius 1 is 0.234 bits per heavy atom. The molecule has 12 rings (SSSR count). The summed E-state index contributed by atoms with van der Waals surface area (Å²) >= 11 is 0. The van der Waals surface area contributed by atoms with E-state index in [9.17, 15) is 0 Å². The zero-order chi connectivity index (χ0) is 42.4. The Labute approximate surface area is 369 Å². The van der Waals surface area contributed by atoms with Gasteiger partial charge in [-0.1, -0.05) is 170 Å². The van der Waals surface area contributed by atoms with Crippen LogP contribution in [-0.4, -0.2) is 24.9 Å². The molecule has 0 bridgehead atoms. The zero-order valence-corrected chi connectivity index (χ0v) is 34.6. The minimum Gasteiger partial charge on any atom is -0.264 e. The first-order valence-corrected chi connectivity index (χ1v) is 21.5. The third-order valence-electron chi connectivity index (χ3n) is 12.3. The molecule has 0 unspecified atom stereocenters. The van der Waals surface area contributed by atoms with Crippen molar-refractivity contribution >= 4 is 64.6 Å². The van der Waals surface area contributed by atoms with Crippen LogP contribution in [0.3, 0.4) is 0 Å². The summed E-state index contributed by atoms with van der Waals surface area (Å²) in [5, 5.41) is 14.1. The Balaban J connectivity index is 1.19. The maximum atomic E-state index is 5.31. The fraction of sp³-hybridized carbons (Fsp3) is 0. The van der Waals surface area contributed by atoms with E-state index in [2.05, 4.69) is 198 Å². The van der Waals surface area contributed by atoms with Gasteiger partial charge in [0.05, 0.1) is 0 Å². The molecule has 0 saturated carbocycles. The second-order valence-corrected chi connectivity index (χ2v) is 16.1. The van der Waals surface area contributed by atoms with E-state index in [-0.39, 0.29) is 0 Å². The van der Waals surface area contributed by atoms with Crippen LogP contribution in [0.2, 0.25) is 0 Å². The highest BCUT2D eigenvalue weighted by Crippen LogP contribution is 2.40. The summed E-state index contributed by atoms with van der Waals surface area (Å²) in [5.41, 5.74) is 6.76. The Morgan fingerprint density at radius 3 is 1.14 bits per heavy atom. The van der Waals surface area contributed by atoms with Gasteiger partial charge in [-0.3, -0.25) is 9.97 Å². The lowest BCUT2D eigenvalue weighted by Gasteiger charge is -2.13. The average Bonchev–Trinajstić information content (AvgIpc) is 3.38. The first kappa shape index (κ1) is 37.1. The van der Waals surface area contributed by atoms with E-state index < -0.39 is 0 Å². The van der Waals surface area contributed by atoms with E-state index in [1.807, 2.05) is 24.5 Å². The molecule has 0 aliphatic rings. The van der Waals surface area contributed by atoms with Gasteiger partial charge >= 0.3 is 0 Å². The van der Waals surface area contributed by atoms with Crippen LogP contribution < -0.4 is 0 Å². The summed E-state index contributed by atoms with van der Waals surface area (Å²) in [5.74, 6) is 1.75. The van der Waals surface area contributed by atoms with Crippen molar-refractivity contribution in [3.63, 3.8) is 0 Å². The molecular weight excluding hydrogens is 779 g/mol. The van der Waals surface area contributed by atoms with Crippen LogP contribution in [0.15, 0.2) is 225 Å². The number of aromatic nitrogens is 5. The van der Waals surface area contributed by atoms with E-state index >= 15 is 0 Å². The van der Waals surface area contributed by atoms with Gasteiger partial charge in [0.1, 0.15) is 0 Å². The van der Waals surface area contributed by atoms with Crippen LogP contribution in [0, 0.1) is 0 Å². The highest BCUT2D eigenvalue weighted by atomic mass is 15.0. The van der Waals surface area contributed by atoms with Gasteiger partial charge in [-0.05, 0) is 106 Å². The molecule has 3 aromatic heterocycles. The van der Waals surface area contributed by atoms with Crippen LogP contribution in [-0.2, 0) is 0 Å². The minimum atomic E-state index is 0.583. The van der Waals surface area contributed by atoms with Gasteiger partial charge < -0.3 is 0 Å². The number of fused-ring (bicyclic) bond motifs is 12. The summed E-state index contributed by atoms with van der Waals surface area (Å²) in [6.07, 6.45) is 7.34. The van der Waals surface area contributed by atoms with Crippen molar-refractivity contribution in [3.05, 3.63) is 225 Å². The van der Waals surface area contributed by atoms with E-state index in [0.717, 1.165) is 60.5 Å². The van der Waals surface area contributed by atoms with E-state index in [1.165, 1.54) is 43.1 Å². The Hall–Kier alpha value is -8.67. The zero-order valence-electron chi connectivity index (χ0n) is 34.6. The molecule has 0 radical (unpaired) electrons. The fourth-order valence-corrected chi connectivity index (χ4v) is 9.27. The van der Waals surface area contributed by atoms with E-state index in [0.29, 0.717) is 17.5 Å². The summed E-state index contributed by atoms with van der Waals surface area (Å²) in [4.78, 5) is 24.6. The molecular formula is C59H37N5. The van der Waals surface area contributed by atoms with Gasteiger partial charge in [0.25, 0.3) is 0 Å². The second kappa shape index (κ2) is 15.7. The smallest absolute Gasteiger partial charge is 0.164 e. The molecule has 64 heavy (non-hydrogen) atoms. The molecule has 0 atom stereocenters. The first-order valence-electron chi connectivity index (χ1n) is 21.5. The number of pyridine rings is 2. The summed E-state index contributed by atoms with van der Waals surface area (Å²) in [6.45, 7) is 0. The third kappa shape index (κ3) is 6.55. The van der Waals surface area contributed by atoms with Crippen LogP contribution in [0.25, 0.3) is 121 Å². The SMILES string of the molecule is c1cncc(-c2cccc(-c3nc(-c4cccc(-c5cccnc5)c4)nc(-c4ccc5c6ccccc6c6ccccc6c6ccccc6c6c7ccccc7ccc6c5c4)n3)c2)c1. The molecule has 0 aliphatic carbocycles.